The molecule has 3 atom stereocenters. The van der Waals surface area contributed by atoms with Crippen molar-refractivity contribution < 1.29 is 8.78 Å². The summed E-state index contributed by atoms with van der Waals surface area (Å²) in [6.45, 7) is 14.0. The van der Waals surface area contributed by atoms with Gasteiger partial charge in [0.1, 0.15) is 23.6 Å². The van der Waals surface area contributed by atoms with E-state index in [2.05, 4.69) is 61.3 Å². The van der Waals surface area contributed by atoms with Crippen LogP contribution in [0.25, 0.3) is 0 Å². The average Bonchev–Trinajstić information content (AvgIpc) is 3.21. The molecule has 2 unspecified atom stereocenters. The van der Waals surface area contributed by atoms with Crippen molar-refractivity contribution in [3.63, 3.8) is 0 Å². The first kappa shape index (κ1) is 27.8. The molecular formula is C29H40ClF2N5. The van der Waals surface area contributed by atoms with E-state index >= 15 is 4.39 Å². The second-order valence-corrected chi connectivity index (χ2v) is 11.9. The van der Waals surface area contributed by atoms with Gasteiger partial charge in [0.25, 0.3) is 0 Å². The lowest BCUT2D eigenvalue weighted by Gasteiger charge is -2.38. The number of rotatable bonds is 7. The largest absolute Gasteiger partial charge is 0.350 e. The molecule has 2 aromatic rings. The van der Waals surface area contributed by atoms with E-state index in [1.54, 1.807) is 18.2 Å². The van der Waals surface area contributed by atoms with Crippen LogP contribution in [-0.4, -0.2) is 39.2 Å². The van der Waals surface area contributed by atoms with Crippen LogP contribution in [0.5, 0.6) is 0 Å². The summed E-state index contributed by atoms with van der Waals surface area (Å²) in [5.74, 6) is 0.480. The van der Waals surface area contributed by atoms with Crippen LogP contribution in [0.2, 0.25) is 5.02 Å². The molecule has 4 rings (SSSR count). The van der Waals surface area contributed by atoms with Crippen molar-refractivity contribution in [2.45, 2.75) is 91.5 Å². The van der Waals surface area contributed by atoms with Gasteiger partial charge in [-0.2, -0.15) is 0 Å². The van der Waals surface area contributed by atoms with E-state index in [4.69, 9.17) is 16.6 Å². The van der Waals surface area contributed by atoms with E-state index in [1.807, 2.05) is 13.0 Å². The molecule has 1 aromatic carbocycles. The van der Waals surface area contributed by atoms with Gasteiger partial charge < -0.3 is 10.3 Å². The van der Waals surface area contributed by atoms with Crippen LogP contribution >= 0.6 is 11.6 Å². The summed E-state index contributed by atoms with van der Waals surface area (Å²) in [7, 11) is 0. The lowest BCUT2D eigenvalue weighted by atomic mass is 9.87. The van der Waals surface area contributed by atoms with Gasteiger partial charge in [-0.15, -0.1) is 0 Å². The highest BCUT2D eigenvalue weighted by Crippen LogP contribution is 2.30. The summed E-state index contributed by atoms with van der Waals surface area (Å²) in [6.07, 6.45) is 5.05. The molecule has 0 radical (unpaired) electrons. The van der Waals surface area contributed by atoms with Gasteiger partial charge >= 0.3 is 0 Å². The van der Waals surface area contributed by atoms with Crippen LogP contribution in [0, 0.1) is 17.6 Å². The van der Waals surface area contributed by atoms with Crippen LogP contribution in [0.4, 0.5) is 14.6 Å². The van der Waals surface area contributed by atoms with Gasteiger partial charge in [0.2, 0.25) is 0 Å². The maximum atomic E-state index is 15.4. The number of hydrogen-bond donors (Lipinski definition) is 2. The highest BCUT2D eigenvalue weighted by molar-refractivity contribution is 6.30. The lowest BCUT2D eigenvalue weighted by molar-refractivity contribution is 0.113. The first-order valence-electron chi connectivity index (χ1n) is 13.3. The Labute approximate surface area is 225 Å². The summed E-state index contributed by atoms with van der Waals surface area (Å²) in [4.78, 5) is 7.02. The molecule has 3 heterocycles. The fraction of sp³-hybridized carbons (Fsp3) is 0.552. The van der Waals surface area contributed by atoms with E-state index in [-0.39, 0.29) is 34.4 Å². The second-order valence-electron chi connectivity index (χ2n) is 11.5. The minimum atomic E-state index is -0.339. The van der Waals surface area contributed by atoms with Crippen molar-refractivity contribution >= 4 is 17.4 Å². The third-order valence-electron chi connectivity index (χ3n) is 7.49. The molecule has 37 heavy (non-hydrogen) atoms. The molecule has 0 spiro atoms. The molecule has 2 N–H and O–H groups in total. The Bertz CT molecular complexity index is 1150. The van der Waals surface area contributed by atoms with Crippen molar-refractivity contribution in [2.75, 3.05) is 11.9 Å². The predicted octanol–water partition coefficient (Wildman–Crippen LogP) is 6.68. The molecule has 8 heteroatoms. The normalized spacial score (nSPS) is 22.9. The molecule has 2 aliphatic rings. The molecule has 2 aliphatic heterocycles. The maximum Gasteiger partial charge on any atom is 0.148 e. The van der Waals surface area contributed by atoms with Gasteiger partial charge in [0.15, 0.2) is 0 Å². The minimum Gasteiger partial charge on any atom is -0.350 e. The van der Waals surface area contributed by atoms with E-state index in [0.29, 0.717) is 47.9 Å². The van der Waals surface area contributed by atoms with Crippen molar-refractivity contribution in [3.05, 3.63) is 69.5 Å². The fourth-order valence-corrected chi connectivity index (χ4v) is 5.75. The summed E-state index contributed by atoms with van der Waals surface area (Å²) >= 11 is 5.97. The number of benzene rings is 1. The molecule has 0 amide bonds. The number of aryl methyl sites for hydroxylation is 1. The second kappa shape index (κ2) is 11.3. The maximum absolute atomic E-state index is 15.4. The van der Waals surface area contributed by atoms with E-state index in [1.165, 1.54) is 0 Å². The topological polar surface area (TPSA) is 43.4 Å². The SMILES string of the molecule is CCc1cc(NC2C=C(C)N(C(C)(C)C)N2)nc(CC2CCN(Cc3cccc(Cl)c3F)[C@H](C)C2)c1F. The summed E-state index contributed by atoms with van der Waals surface area (Å²) in [5, 5.41) is 5.74. The van der Waals surface area contributed by atoms with Crippen LogP contribution in [0.1, 0.15) is 71.2 Å². The highest BCUT2D eigenvalue weighted by atomic mass is 35.5. The number of hydrazine groups is 1. The van der Waals surface area contributed by atoms with Gasteiger partial charge in [-0.05, 0) is 96.5 Å². The number of nitrogens with one attached hydrogen (secondary N) is 2. The van der Waals surface area contributed by atoms with E-state index in [9.17, 15) is 4.39 Å². The Morgan fingerprint density at radius 3 is 2.59 bits per heavy atom. The minimum absolute atomic E-state index is 0.0585. The van der Waals surface area contributed by atoms with Crippen LogP contribution in [-0.2, 0) is 19.4 Å². The Morgan fingerprint density at radius 1 is 1.19 bits per heavy atom. The Morgan fingerprint density at radius 2 is 1.95 bits per heavy atom. The standard InChI is InChI=1S/C29H40ClF2N5/c1-7-21-16-25(34-26-14-19(3)37(35-26)29(4,5)6)33-24(28(21)32)15-20-11-12-36(18(2)13-20)17-22-9-8-10-23(30)27(22)31/h8-10,14,16,18,20,26,35H,7,11-13,15,17H2,1-6H3,(H,33,34)/t18-,20?,26?/m1/s1. The van der Waals surface area contributed by atoms with E-state index in [0.717, 1.165) is 25.1 Å². The number of hydrogen-bond acceptors (Lipinski definition) is 5. The van der Waals surface area contributed by atoms with E-state index < -0.39 is 0 Å². The molecule has 1 fully saturated rings. The van der Waals surface area contributed by atoms with Gasteiger partial charge in [0, 0.05) is 29.4 Å². The van der Waals surface area contributed by atoms with Crippen molar-refractivity contribution in [3.8, 4) is 0 Å². The molecule has 5 nitrogen and oxygen atoms in total. The number of aromatic nitrogens is 1. The first-order valence-corrected chi connectivity index (χ1v) is 13.7. The van der Waals surface area contributed by atoms with Crippen molar-refractivity contribution in [2.24, 2.45) is 5.92 Å². The van der Waals surface area contributed by atoms with Crippen LogP contribution < -0.4 is 10.7 Å². The molecular weight excluding hydrogens is 492 g/mol. The van der Waals surface area contributed by atoms with Crippen LogP contribution in [0.3, 0.4) is 0 Å². The lowest BCUT2D eigenvalue weighted by Crippen LogP contribution is -2.50. The fourth-order valence-electron chi connectivity index (χ4n) is 5.56. The summed E-state index contributed by atoms with van der Waals surface area (Å²) in [5.41, 5.74) is 6.38. The third kappa shape index (κ3) is 6.44. The Hall–Kier alpha value is -2.22. The molecule has 1 saturated heterocycles. The smallest absolute Gasteiger partial charge is 0.148 e. The predicted molar refractivity (Wildman–Crippen MR) is 147 cm³/mol. The molecule has 0 aliphatic carbocycles. The zero-order valence-electron chi connectivity index (χ0n) is 22.8. The summed E-state index contributed by atoms with van der Waals surface area (Å²) < 4.78 is 29.8. The number of likely N-dealkylation sites (tertiary alicyclic amines) is 1. The molecule has 0 bridgehead atoms. The number of pyridine rings is 1. The average molecular weight is 532 g/mol. The first-order chi connectivity index (χ1) is 17.5. The number of nitrogens with zero attached hydrogens (tertiary/aromatic N) is 3. The highest BCUT2D eigenvalue weighted by Gasteiger charge is 2.30. The Balaban J connectivity index is 1.43. The molecule has 202 valence electrons. The van der Waals surface area contributed by atoms with Gasteiger partial charge in [-0.3, -0.25) is 4.90 Å². The van der Waals surface area contributed by atoms with Crippen molar-refractivity contribution in [1.82, 2.24) is 20.3 Å². The quantitative estimate of drug-likeness (QED) is 0.417. The van der Waals surface area contributed by atoms with Gasteiger partial charge in [-0.1, -0.05) is 30.7 Å². The van der Waals surface area contributed by atoms with Crippen LogP contribution in [0.15, 0.2) is 36.0 Å². The number of anilines is 1. The van der Waals surface area contributed by atoms with Gasteiger partial charge in [0.05, 0.1) is 10.7 Å². The number of allylic oxidation sites excluding steroid dienone is 1. The number of piperidine rings is 1. The van der Waals surface area contributed by atoms with Gasteiger partial charge in [-0.25, -0.2) is 19.2 Å². The monoisotopic (exact) mass is 531 g/mol. The molecule has 0 saturated carbocycles. The number of halogens is 3. The van der Waals surface area contributed by atoms with Crippen molar-refractivity contribution in [1.29, 1.82) is 0 Å². The Kier molecular flexibility index (Phi) is 8.46. The third-order valence-corrected chi connectivity index (χ3v) is 7.79. The zero-order chi connectivity index (χ0) is 26.9. The molecule has 1 aromatic heterocycles. The summed E-state index contributed by atoms with van der Waals surface area (Å²) in [6, 6.07) is 7.24. The zero-order valence-corrected chi connectivity index (χ0v) is 23.6.